The molecule has 3 aromatic carbocycles. The van der Waals surface area contributed by atoms with Gasteiger partial charge in [-0.3, -0.25) is 4.79 Å². The molecule has 3 heterocycles. The maximum Gasteiger partial charge on any atom is 0.410 e. The molecule has 0 saturated carbocycles. The van der Waals surface area contributed by atoms with Crippen LogP contribution in [0.4, 0.5) is 21.0 Å². The van der Waals surface area contributed by atoms with Gasteiger partial charge in [0.1, 0.15) is 5.75 Å². The zero-order valence-corrected chi connectivity index (χ0v) is 30.3. The van der Waals surface area contributed by atoms with Crippen molar-refractivity contribution in [3.8, 4) is 5.75 Å². The number of para-hydroxylation sites is 1. The number of fused-ring (bicyclic) bond motifs is 1. The number of anilines is 2. The second kappa shape index (κ2) is 16.4. The largest absolute Gasteiger partial charge is 0.507 e. The SMILES string of the molecule is CCOC(=O)c1ccc(N2CCN(C(=O)[C@@H](Cc3cc(C)c(O)c(CC)c3)OC(=O)N3CCC(N4CCc5ccccc5NC4=O)CC3)CC2)cc1. The van der Waals surface area contributed by atoms with Crippen LogP contribution in [0.5, 0.6) is 5.75 Å². The number of piperazine rings is 1. The summed E-state index contributed by atoms with van der Waals surface area (Å²) >= 11 is 0. The molecule has 276 valence electrons. The van der Waals surface area contributed by atoms with Crippen LogP contribution in [0.25, 0.3) is 0 Å². The van der Waals surface area contributed by atoms with Gasteiger partial charge in [-0.2, -0.15) is 0 Å². The number of aromatic hydroxyl groups is 1. The van der Waals surface area contributed by atoms with Gasteiger partial charge in [-0.25, -0.2) is 14.4 Å². The molecule has 2 fully saturated rings. The summed E-state index contributed by atoms with van der Waals surface area (Å²) in [5.41, 5.74) is 5.67. The van der Waals surface area contributed by atoms with Crippen molar-refractivity contribution in [3.05, 3.63) is 88.5 Å². The fourth-order valence-corrected chi connectivity index (χ4v) is 7.42. The van der Waals surface area contributed by atoms with E-state index < -0.39 is 12.2 Å². The Hall–Kier alpha value is -5.26. The lowest BCUT2D eigenvalue weighted by Crippen LogP contribution is -2.54. The lowest BCUT2D eigenvalue weighted by atomic mass is 9.98. The summed E-state index contributed by atoms with van der Waals surface area (Å²) in [7, 11) is 0. The quantitative estimate of drug-likeness (QED) is 0.283. The molecule has 0 radical (unpaired) electrons. The van der Waals surface area contributed by atoms with Gasteiger partial charge in [0, 0.05) is 69.7 Å². The van der Waals surface area contributed by atoms with Crippen LogP contribution in [0.15, 0.2) is 60.7 Å². The molecule has 0 spiro atoms. The molecule has 0 aromatic heterocycles. The highest BCUT2D eigenvalue weighted by Crippen LogP contribution is 2.28. The van der Waals surface area contributed by atoms with Crippen molar-refractivity contribution in [3.63, 3.8) is 0 Å². The van der Waals surface area contributed by atoms with Gasteiger partial charge < -0.3 is 39.5 Å². The number of carbonyl (C=O) groups excluding carboxylic acids is 4. The molecular weight excluding hydrogens is 662 g/mol. The van der Waals surface area contributed by atoms with Crippen LogP contribution < -0.4 is 10.2 Å². The number of nitrogens with one attached hydrogen (secondary N) is 1. The first-order valence-electron chi connectivity index (χ1n) is 18.4. The minimum absolute atomic E-state index is 0.0131. The van der Waals surface area contributed by atoms with Crippen molar-refractivity contribution in [1.82, 2.24) is 14.7 Å². The van der Waals surface area contributed by atoms with Crippen molar-refractivity contribution in [2.45, 2.75) is 65.0 Å². The monoisotopic (exact) mass is 711 g/mol. The predicted molar refractivity (Wildman–Crippen MR) is 198 cm³/mol. The number of phenols is 1. The van der Waals surface area contributed by atoms with E-state index in [2.05, 4.69) is 10.2 Å². The number of hydrogen-bond donors (Lipinski definition) is 2. The highest BCUT2D eigenvalue weighted by atomic mass is 16.6. The van der Waals surface area contributed by atoms with E-state index in [-0.39, 0.29) is 36.1 Å². The number of hydrogen-bond acceptors (Lipinski definition) is 8. The van der Waals surface area contributed by atoms with Crippen LogP contribution in [0.1, 0.15) is 59.3 Å². The number of phenolic OH excluding ortho intramolecular Hbond substituents is 1. The third kappa shape index (κ3) is 8.27. The summed E-state index contributed by atoms with van der Waals surface area (Å²) in [5, 5.41) is 13.6. The zero-order valence-electron chi connectivity index (χ0n) is 30.3. The van der Waals surface area contributed by atoms with Gasteiger partial charge in [0.25, 0.3) is 5.91 Å². The van der Waals surface area contributed by atoms with E-state index in [1.807, 2.05) is 67.3 Å². The third-order valence-electron chi connectivity index (χ3n) is 10.4. The van der Waals surface area contributed by atoms with E-state index in [9.17, 15) is 24.3 Å². The number of amides is 4. The van der Waals surface area contributed by atoms with E-state index in [0.717, 1.165) is 34.5 Å². The number of carbonyl (C=O) groups is 4. The molecule has 3 aliphatic rings. The summed E-state index contributed by atoms with van der Waals surface area (Å²) in [4.78, 5) is 60.4. The van der Waals surface area contributed by atoms with E-state index in [0.29, 0.717) is 82.8 Å². The zero-order chi connectivity index (χ0) is 36.8. The summed E-state index contributed by atoms with van der Waals surface area (Å²) in [6, 6.07) is 18.7. The molecule has 0 aliphatic carbocycles. The Morgan fingerprint density at radius 3 is 2.31 bits per heavy atom. The first-order chi connectivity index (χ1) is 25.1. The molecule has 4 amide bonds. The molecular formula is C40H49N5O7. The van der Waals surface area contributed by atoms with Gasteiger partial charge in [-0.15, -0.1) is 0 Å². The van der Waals surface area contributed by atoms with Crippen molar-refractivity contribution in [1.29, 1.82) is 0 Å². The molecule has 6 rings (SSSR count). The standard InChI is InChI=1S/C40H49N5O7/c1-4-29-25-28(24-27(3)36(29)46)26-35(37(47)43-22-20-42(21-23-43)32-12-10-31(11-13-32)38(48)51-5-2)52-40(50)44-17-15-33(16-18-44)45-19-14-30-8-6-7-9-34(30)41-39(45)49/h6-13,24-25,33,35,46H,4-5,14-23,26H2,1-3H3,(H,41,49)/t35-/m1/s1. The number of nitrogens with zero attached hydrogens (tertiary/aromatic N) is 4. The van der Waals surface area contributed by atoms with Gasteiger partial charge >= 0.3 is 18.1 Å². The normalized spacial score (nSPS) is 17.2. The second-order valence-corrected chi connectivity index (χ2v) is 13.7. The minimum Gasteiger partial charge on any atom is -0.507 e. The number of aryl methyl sites for hydroxylation is 2. The van der Waals surface area contributed by atoms with Crippen molar-refractivity contribution in [2.24, 2.45) is 0 Å². The van der Waals surface area contributed by atoms with Gasteiger partial charge in [0.2, 0.25) is 0 Å². The molecule has 52 heavy (non-hydrogen) atoms. The average Bonchev–Trinajstić information content (AvgIpc) is 3.33. The molecule has 2 saturated heterocycles. The Bertz CT molecular complexity index is 1760. The Morgan fingerprint density at radius 1 is 0.904 bits per heavy atom. The maximum absolute atomic E-state index is 14.1. The Labute approximate surface area is 305 Å². The van der Waals surface area contributed by atoms with Crippen LogP contribution >= 0.6 is 0 Å². The summed E-state index contributed by atoms with van der Waals surface area (Å²) in [6.07, 6.45) is 1.18. The molecule has 12 heteroatoms. The first-order valence-corrected chi connectivity index (χ1v) is 18.4. The topological polar surface area (TPSA) is 132 Å². The smallest absolute Gasteiger partial charge is 0.410 e. The lowest BCUT2D eigenvalue weighted by molar-refractivity contribution is -0.141. The number of piperidine rings is 1. The van der Waals surface area contributed by atoms with E-state index in [1.165, 1.54) is 0 Å². The van der Waals surface area contributed by atoms with E-state index in [4.69, 9.17) is 9.47 Å². The summed E-state index contributed by atoms with van der Waals surface area (Å²) in [6.45, 7) is 9.32. The molecule has 1 atom stereocenters. The predicted octanol–water partition coefficient (Wildman–Crippen LogP) is 5.39. The Balaban J connectivity index is 1.10. The third-order valence-corrected chi connectivity index (χ3v) is 10.4. The second-order valence-electron chi connectivity index (χ2n) is 13.7. The van der Waals surface area contributed by atoms with Crippen LogP contribution in [0, 0.1) is 6.92 Å². The number of ether oxygens (including phenoxy) is 2. The highest BCUT2D eigenvalue weighted by Gasteiger charge is 2.35. The number of likely N-dealkylation sites (tertiary alicyclic amines) is 1. The van der Waals surface area contributed by atoms with Gasteiger partial charge in [0.15, 0.2) is 6.10 Å². The highest BCUT2D eigenvalue weighted by molar-refractivity contribution is 5.91. The van der Waals surface area contributed by atoms with Crippen molar-refractivity contribution >= 4 is 35.4 Å². The Kier molecular flexibility index (Phi) is 11.5. The van der Waals surface area contributed by atoms with E-state index >= 15 is 0 Å². The molecule has 2 N–H and O–H groups in total. The molecule has 3 aromatic rings. The first kappa shape index (κ1) is 36.5. The van der Waals surface area contributed by atoms with Crippen LogP contribution in [-0.4, -0.2) is 108 Å². The number of rotatable bonds is 9. The lowest BCUT2D eigenvalue weighted by Gasteiger charge is -2.39. The van der Waals surface area contributed by atoms with Crippen LogP contribution in [0.2, 0.25) is 0 Å². The minimum atomic E-state index is -1.05. The average molecular weight is 712 g/mol. The fraction of sp³-hybridized carbons (Fsp3) is 0.450. The maximum atomic E-state index is 14.1. The van der Waals surface area contributed by atoms with Crippen molar-refractivity contribution < 1.29 is 33.8 Å². The van der Waals surface area contributed by atoms with Gasteiger partial charge in [-0.05, 0) is 92.1 Å². The fourth-order valence-electron chi connectivity index (χ4n) is 7.42. The van der Waals surface area contributed by atoms with Gasteiger partial charge in [-0.1, -0.05) is 37.3 Å². The number of urea groups is 1. The summed E-state index contributed by atoms with van der Waals surface area (Å²) in [5.74, 6) is -0.382. The van der Waals surface area contributed by atoms with E-state index in [1.54, 1.807) is 28.9 Å². The number of benzene rings is 3. The molecule has 0 unspecified atom stereocenters. The molecule has 12 nitrogen and oxygen atoms in total. The molecule has 3 aliphatic heterocycles. The number of esters is 1. The molecule has 0 bridgehead atoms. The summed E-state index contributed by atoms with van der Waals surface area (Å²) < 4.78 is 11.2. The van der Waals surface area contributed by atoms with Crippen LogP contribution in [-0.2, 0) is 33.5 Å². The Morgan fingerprint density at radius 2 is 1.62 bits per heavy atom. The van der Waals surface area contributed by atoms with Gasteiger partial charge in [0.05, 0.1) is 12.2 Å². The van der Waals surface area contributed by atoms with Crippen LogP contribution in [0.3, 0.4) is 0 Å². The van der Waals surface area contributed by atoms with Crippen molar-refractivity contribution in [2.75, 3.05) is 62.6 Å².